The molecule has 0 aliphatic rings. The minimum absolute atomic E-state index is 0.0309. The number of nitrogens with zero attached hydrogens (tertiary/aromatic N) is 1. The number of hydrogen-bond acceptors (Lipinski definition) is 3. The molecule has 0 amide bonds. The molecule has 0 aliphatic carbocycles. The van der Waals surface area contributed by atoms with E-state index < -0.39 is 16.6 Å². The van der Waals surface area contributed by atoms with Gasteiger partial charge in [-0.2, -0.15) is 0 Å². The Morgan fingerprint density at radius 3 is 2.52 bits per heavy atom. The van der Waals surface area contributed by atoms with Crippen molar-refractivity contribution < 1.29 is 13.7 Å². The Kier molecular flexibility index (Phi) is 4.98. The molecule has 0 bridgehead atoms. The van der Waals surface area contributed by atoms with Gasteiger partial charge in [-0.05, 0) is 30.3 Å². The summed E-state index contributed by atoms with van der Waals surface area (Å²) in [5.74, 6) is -1.04. The molecule has 0 fully saturated rings. The second-order valence-electron chi connectivity index (χ2n) is 4.37. The Bertz CT molecular complexity index is 680. The third kappa shape index (κ3) is 4.05. The molecule has 1 N–H and O–H groups in total. The van der Waals surface area contributed by atoms with Gasteiger partial charge in [-0.3, -0.25) is 10.1 Å². The molecular formula is C14H11BrF2N2O2. The first kappa shape index (κ1) is 15.5. The van der Waals surface area contributed by atoms with Gasteiger partial charge in [0, 0.05) is 34.8 Å². The molecule has 110 valence electrons. The molecule has 0 heterocycles. The number of benzene rings is 2. The third-order valence-electron chi connectivity index (χ3n) is 2.88. The molecule has 2 rings (SSSR count). The van der Waals surface area contributed by atoms with Gasteiger partial charge in [-0.1, -0.05) is 15.9 Å². The Hall–Kier alpha value is -1.86. The maximum atomic E-state index is 13.4. The van der Waals surface area contributed by atoms with Crippen LogP contribution >= 0.6 is 15.9 Å². The highest BCUT2D eigenvalue weighted by Crippen LogP contribution is 2.23. The molecule has 0 spiro atoms. The zero-order valence-electron chi connectivity index (χ0n) is 10.8. The quantitative estimate of drug-likeness (QED) is 0.652. The van der Waals surface area contributed by atoms with Crippen LogP contribution in [0.5, 0.6) is 0 Å². The summed E-state index contributed by atoms with van der Waals surface area (Å²) in [7, 11) is 0. The number of nitro benzene ring substituents is 1. The lowest BCUT2D eigenvalue weighted by Crippen LogP contribution is -2.15. The maximum absolute atomic E-state index is 13.4. The summed E-state index contributed by atoms with van der Waals surface area (Å²) >= 11 is 3.17. The number of nitro groups is 1. The summed E-state index contributed by atoms with van der Waals surface area (Å²) in [5.41, 5.74) is 0.617. The fraction of sp³-hybridized carbons (Fsp3) is 0.143. The Labute approximate surface area is 128 Å². The normalized spacial score (nSPS) is 10.6. The summed E-state index contributed by atoms with van der Waals surface area (Å²) in [6.07, 6.45) is 0. The number of rotatable bonds is 5. The van der Waals surface area contributed by atoms with Crippen molar-refractivity contribution >= 4 is 21.6 Å². The first-order chi connectivity index (χ1) is 9.97. The van der Waals surface area contributed by atoms with E-state index in [-0.39, 0.29) is 24.3 Å². The van der Waals surface area contributed by atoms with Crippen LogP contribution in [-0.4, -0.2) is 4.92 Å². The molecular weight excluding hydrogens is 346 g/mol. The lowest BCUT2D eigenvalue weighted by atomic mass is 10.1. The molecule has 21 heavy (non-hydrogen) atoms. The Balaban J connectivity index is 2.07. The summed E-state index contributed by atoms with van der Waals surface area (Å²) in [6, 6.07) is 7.88. The molecule has 2 aromatic carbocycles. The molecule has 0 aromatic heterocycles. The van der Waals surface area contributed by atoms with Crippen LogP contribution in [0.1, 0.15) is 11.1 Å². The van der Waals surface area contributed by atoms with Gasteiger partial charge in [0.05, 0.1) is 4.92 Å². The highest BCUT2D eigenvalue weighted by molar-refractivity contribution is 9.10. The lowest BCUT2D eigenvalue weighted by Gasteiger charge is -2.07. The highest BCUT2D eigenvalue weighted by atomic mass is 79.9. The van der Waals surface area contributed by atoms with E-state index in [1.807, 2.05) is 0 Å². The smallest absolute Gasteiger partial charge is 0.275 e. The number of nitrogens with one attached hydrogen (secondary N) is 1. The molecule has 0 saturated heterocycles. The fourth-order valence-electron chi connectivity index (χ4n) is 1.87. The van der Waals surface area contributed by atoms with E-state index >= 15 is 0 Å². The van der Waals surface area contributed by atoms with Crippen LogP contribution in [0.2, 0.25) is 0 Å². The molecule has 0 aliphatic heterocycles. The van der Waals surface area contributed by atoms with Gasteiger partial charge in [0.15, 0.2) is 0 Å². The van der Waals surface area contributed by atoms with Gasteiger partial charge in [0.2, 0.25) is 0 Å². The van der Waals surface area contributed by atoms with Crippen LogP contribution in [0.4, 0.5) is 14.5 Å². The summed E-state index contributed by atoms with van der Waals surface area (Å²) < 4.78 is 27.1. The van der Waals surface area contributed by atoms with Crippen LogP contribution < -0.4 is 5.32 Å². The minimum Gasteiger partial charge on any atom is -0.308 e. The van der Waals surface area contributed by atoms with Crippen molar-refractivity contribution in [2.75, 3.05) is 0 Å². The largest absolute Gasteiger partial charge is 0.308 e. The monoisotopic (exact) mass is 356 g/mol. The average Bonchev–Trinajstić information content (AvgIpc) is 2.44. The van der Waals surface area contributed by atoms with E-state index in [9.17, 15) is 18.9 Å². The molecule has 2 aromatic rings. The van der Waals surface area contributed by atoms with Crippen LogP contribution in [-0.2, 0) is 13.1 Å². The zero-order valence-corrected chi connectivity index (χ0v) is 12.4. The fourth-order valence-corrected chi connectivity index (χ4v) is 2.22. The van der Waals surface area contributed by atoms with Crippen LogP contribution in [0.3, 0.4) is 0 Å². The van der Waals surface area contributed by atoms with E-state index in [4.69, 9.17) is 0 Å². The van der Waals surface area contributed by atoms with Gasteiger partial charge in [0.1, 0.15) is 11.6 Å². The molecule has 7 heteroatoms. The van der Waals surface area contributed by atoms with E-state index in [2.05, 4.69) is 21.2 Å². The van der Waals surface area contributed by atoms with Crippen molar-refractivity contribution in [2.24, 2.45) is 0 Å². The first-order valence-corrected chi connectivity index (χ1v) is 6.84. The van der Waals surface area contributed by atoms with Crippen molar-refractivity contribution in [2.45, 2.75) is 13.1 Å². The summed E-state index contributed by atoms with van der Waals surface area (Å²) in [4.78, 5) is 10.5. The van der Waals surface area contributed by atoms with Crippen molar-refractivity contribution in [3.63, 3.8) is 0 Å². The Morgan fingerprint density at radius 2 is 1.81 bits per heavy atom. The molecule has 4 nitrogen and oxygen atoms in total. The van der Waals surface area contributed by atoms with Gasteiger partial charge in [0.25, 0.3) is 5.69 Å². The van der Waals surface area contributed by atoms with Crippen molar-refractivity contribution in [1.82, 2.24) is 5.32 Å². The van der Waals surface area contributed by atoms with Crippen molar-refractivity contribution in [1.29, 1.82) is 0 Å². The van der Waals surface area contributed by atoms with E-state index in [0.717, 1.165) is 18.2 Å². The third-order valence-corrected chi connectivity index (χ3v) is 3.38. The second-order valence-corrected chi connectivity index (χ2v) is 5.29. The van der Waals surface area contributed by atoms with Gasteiger partial charge < -0.3 is 5.32 Å². The summed E-state index contributed by atoms with van der Waals surface area (Å²) in [6.45, 7) is 0.260. The van der Waals surface area contributed by atoms with Crippen LogP contribution in [0, 0.1) is 21.7 Å². The highest BCUT2D eigenvalue weighted by Gasteiger charge is 2.13. The maximum Gasteiger partial charge on any atom is 0.275 e. The SMILES string of the molecule is O=[N+]([O-])c1cc(Br)ccc1CNCc1cc(F)ccc1F. The van der Waals surface area contributed by atoms with Gasteiger partial charge >= 0.3 is 0 Å². The second kappa shape index (κ2) is 6.73. The Morgan fingerprint density at radius 1 is 1.10 bits per heavy atom. The lowest BCUT2D eigenvalue weighted by molar-refractivity contribution is -0.385. The van der Waals surface area contributed by atoms with E-state index in [0.29, 0.717) is 10.0 Å². The van der Waals surface area contributed by atoms with Crippen LogP contribution in [0.25, 0.3) is 0 Å². The van der Waals surface area contributed by atoms with E-state index in [1.54, 1.807) is 12.1 Å². The molecule has 0 unspecified atom stereocenters. The first-order valence-electron chi connectivity index (χ1n) is 6.05. The predicted molar refractivity (Wildman–Crippen MR) is 77.7 cm³/mol. The van der Waals surface area contributed by atoms with Crippen molar-refractivity contribution in [3.8, 4) is 0 Å². The standard InChI is InChI=1S/C14H11BrF2N2O2/c15-11-2-1-9(14(6-11)19(20)21)7-18-8-10-5-12(16)3-4-13(10)17/h1-6,18H,7-8H2. The number of hydrogen-bond donors (Lipinski definition) is 1. The predicted octanol–water partition coefficient (Wildman–Crippen LogP) is 3.93. The topological polar surface area (TPSA) is 55.2 Å². The van der Waals surface area contributed by atoms with E-state index in [1.165, 1.54) is 6.07 Å². The zero-order chi connectivity index (χ0) is 15.4. The molecule has 0 atom stereocenters. The van der Waals surface area contributed by atoms with Crippen molar-refractivity contribution in [3.05, 3.63) is 73.7 Å². The number of halogens is 3. The average molecular weight is 357 g/mol. The van der Waals surface area contributed by atoms with Gasteiger partial charge in [-0.25, -0.2) is 8.78 Å². The molecule has 0 saturated carbocycles. The van der Waals surface area contributed by atoms with Crippen LogP contribution in [0.15, 0.2) is 40.9 Å². The molecule has 0 radical (unpaired) electrons. The van der Waals surface area contributed by atoms with Gasteiger partial charge in [-0.15, -0.1) is 0 Å². The summed E-state index contributed by atoms with van der Waals surface area (Å²) in [5, 5.41) is 13.8. The minimum atomic E-state index is -0.525.